The number of amides is 2. The Labute approximate surface area is 165 Å². The third-order valence-corrected chi connectivity index (χ3v) is 5.11. The van der Waals surface area contributed by atoms with E-state index in [9.17, 15) is 9.59 Å². The molecule has 6 nitrogen and oxygen atoms in total. The van der Waals surface area contributed by atoms with Crippen molar-refractivity contribution in [3.05, 3.63) is 46.4 Å². The van der Waals surface area contributed by atoms with Gasteiger partial charge in [0.2, 0.25) is 5.91 Å². The van der Waals surface area contributed by atoms with Crippen LogP contribution >= 0.6 is 11.3 Å². The lowest BCUT2D eigenvalue weighted by molar-refractivity contribution is -0.133. The van der Waals surface area contributed by atoms with Gasteiger partial charge in [-0.25, -0.2) is 0 Å². The van der Waals surface area contributed by atoms with Crippen molar-refractivity contribution in [1.82, 2.24) is 14.4 Å². The molecule has 0 spiro atoms. The number of ether oxygens (including phenoxy) is 1. The van der Waals surface area contributed by atoms with Crippen LogP contribution < -0.4 is 0 Å². The maximum absolute atomic E-state index is 13.0. The summed E-state index contributed by atoms with van der Waals surface area (Å²) in [5.41, 5.74) is 1.04. The number of hydrogen-bond acceptors (Lipinski definition) is 4. The van der Waals surface area contributed by atoms with Crippen molar-refractivity contribution in [3.63, 3.8) is 0 Å². The Kier molecular flexibility index (Phi) is 8.06. The number of aromatic nitrogens is 1. The van der Waals surface area contributed by atoms with Gasteiger partial charge in [0.15, 0.2) is 0 Å². The van der Waals surface area contributed by atoms with Gasteiger partial charge < -0.3 is 19.1 Å². The van der Waals surface area contributed by atoms with Gasteiger partial charge in [0, 0.05) is 39.1 Å². The first-order valence-electron chi connectivity index (χ1n) is 9.12. The number of aryl methyl sites for hydroxylation is 1. The zero-order valence-electron chi connectivity index (χ0n) is 16.6. The highest BCUT2D eigenvalue weighted by molar-refractivity contribution is 7.12. The van der Waals surface area contributed by atoms with Crippen LogP contribution in [0.2, 0.25) is 0 Å². The second-order valence-electron chi connectivity index (χ2n) is 6.98. The third kappa shape index (κ3) is 6.22. The summed E-state index contributed by atoms with van der Waals surface area (Å²) in [5.74, 6) is 0.124. The fraction of sp³-hybridized carbons (Fsp3) is 0.500. The zero-order valence-corrected chi connectivity index (χ0v) is 17.4. The molecular weight excluding hydrogens is 362 g/mol. The molecule has 0 unspecified atom stereocenters. The Bertz CT molecular complexity index is 725. The van der Waals surface area contributed by atoms with Crippen molar-refractivity contribution in [2.75, 3.05) is 33.4 Å². The maximum Gasteiger partial charge on any atom is 0.264 e. The Morgan fingerprint density at radius 1 is 1.22 bits per heavy atom. The van der Waals surface area contributed by atoms with E-state index < -0.39 is 0 Å². The molecule has 0 saturated heterocycles. The molecule has 0 aliphatic carbocycles. The normalized spacial score (nSPS) is 11.0. The first-order valence-corrected chi connectivity index (χ1v) is 10.00. The molecule has 27 heavy (non-hydrogen) atoms. The lowest BCUT2D eigenvalue weighted by atomic mass is 10.2. The van der Waals surface area contributed by atoms with Crippen LogP contribution in [0, 0.1) is 5.92 Å². The van der Waals surface area contributed by atoms with Gasteiger partial charge in [0.05, 0.1) is 18.0 Å². The summed E-state index contributed by atoms with van der Waals surface area (Å²) in [6, 6.07) is 7.61. The molecule has 0 bridgehead atoms. The fourth-order valence-corrected chi connectivity index (χ4v) is 3.52. The second kappa shape index (κ2) is 10.3. The summed E-state index contributed by atoms with van der Waals surface area (Å²) in [5, 5.41) is 1.88. The molecule has 2 aromatic heterocycles. The van der Waals surface area contributed by atoms with Crippen LogP contribution in [0.25, 0.3) is 0 Å². The van der Waals surface area contributed by atoms with Crippen LogP contribution in [0.4, 0.5) is 0 Å². The van der Waals surface area contributed by atoms with E-state index in [4.69, 9.17) is 4.74 Å². The topological polar surface area (TPSA) is 54.8 Å². The Balaban J connectivity index is 2.12. The number of thiophene rings is 1. The highest BCUT2D eigenvalue weighted by atomic mass is 32.1. The van der Waals surface area contributed by atoms with Crippen molar-refractivity contribution in [2.45, 2.75) is 20.4 Å². The molecule has 0 aliphatic rings. The van der Waals surface area contributed by atoms with Crippen LogP contribution in [-0.2, 0) is 23.1 Å². The van der Waals surface area contributed by atoms with Gasteiger partial charge in [0.1, 0.15) is 6.54 Å². The summed E-state index contributed by atoms with van der Waals surface area (Å²) in [4.78, 5) is 29.9. The monoisotopic (exact) mass is 391 g/mol. The summed E-state index contributed by atoms with van der Waals surface area (Å²) in [6.45, 7) is 6.16. The van der Waals surface area contributed by atoms with E-state index in [1.54, 1.807) is 23.0 Å². The van der Waals surface area contributed by atoms with Gasteiger partial charge in [-0.15, -0.1) is 11.3 Å². The van der Waals surface area contributed by atoms with Crippen molar-refractivity contribution < 1.29 is 14.3 Å². The molecule has 2 rings (SSSR count). The standard InChI is InChI=1S/C20H29N3O3S/c1-16(2)13-23(20(25)18-8-6-12-27-18)15-19(24)22(10-11-26-4)14-17-7-5-9-21(17)3/h5-9,12,16H,10-11,13-15H2,1-4H3. The van der Waals surface area contributed by atoms with Gasteiger partial charge in [-0.3, -0.25) is 9.59 Å². The van der Waals surface area contributed by atoms with Crippen LogP contribution in [0.15, 0.2) is 35.8 Å². The smallest absolute Gasteiger partial charge is 0.264 e. The molecule has 2 heterocycles. The molecule has 148 valence electrons. The quantitative estimate of drug-likeness (QED) is 0.626. The van der Waals surface area contributed by atoms with Gasteiger partial charge in [0.25, 0.3) is 5.91 Å². The number of carbonyl (C=O) groups is 2. The van der Waals surface area contributed by atoms with Crippen molar-refractivity contribution >= 4 is 23.2 Å². The molecular formula is C20H29N3O3S. The zero-order chi connectivity index (χ0) is 19.8. The highest BCUT2D eigenvalue weighted by Gasteiger charge is 2.24. The largest absolute Gasteiger partial charge is 0.383 e. The van der Waals surface area contributed by atoms with E-state index in [0.717, 1.165) is 5.69 Å². The average molecular weight is 392 g/mol. The number of rotatable bonds is 10. The predicted molar refractivity (Wildman–Crippen MR) is 108 cm³/mol. The SMILES string of the molecule is COCCN(Cc1cccn1C)C(=O)CN(CC(C)C)C(=O)c1cccs1. The van der Waals surface area contributed by atoms with Crippen molar-refractivity contribution in [2.24, 2.45) is 13.0 Å². The lowest BCUT2D eigenvalue weighted by Gasteiger charge is -2.28. The van der Waals surface area contributed by atoms with Crippen LogP contribution in [-0.4, -0.2) is 59.5 Å². The van der Waals surface area contributed by atoms with Gasteiger partial charge >= 0.3 is 0 Å². The summed E-state index contributed by atoms with van der Waals surface area (Å²) in [6.07, 6.45) is 1.96. The van der Waals surface area contributed by atoms with E-state index in [1.807, 2.05) is 55.2 Å². The molecule has 0 fully saturated rings. The lowest BCUT2D eigenvalue weighted by Crippen LogP contribution is -2.45. The first kappa shape index (κ1) is 21.2. The van der Waals surface area contributed by atoms with Crippen LogP contribution in [0.5, 0.6) is 0 Å². The summed E-state index contributed by atoms with van der Waals surface area (Å²) >= 11 is 1.40. The molecule has 7 heteroatoms. The van der Waals surface area contributed by atoms with Crippen molar-refractivity contribution in [1.29, 1.82) is 0 Å². The third-order valence-electron chi connectivity index (χ3n) is 4.25. The highest BCUT2D eigenvalue weighted by Crippen LogP contribution is 2.14. The Hall–Kier alpha value is -2.12. The summed E-state index contributed by atoms with van der Waals surface area (Å²) in [7, 11) is 3.58. The molecule has 0 atom stereocenters. The van der Waals surface area contributed by atoms with Gasteiger partial charge in [-0.1, -0.05) is 19.9 Å². The van der Waals surface area contributed by atoms with E-state index >= 15 is 0 Å². The van der Waals surface area contributed by atoms with E-state index in [2.05, 4.69) is 0 Å². The van der Waals surface area contributed by atoms with Gasteiger partial charge in [-0.2, -0.15) is 0 Å². The molecule has 0 radical (unpaired) electrons. The minimum atomic E-state index is -0.0855. The number of hydrogen-bond donors (Lipinski definition) is 0. The number of carbonyl (C=O) groups excluding carboxylic acids is 2. The minimum Gasteiger partial charge on any atom is -0.383 e. The van der Waals surface area contributed by atoms with Crippen molar-refractivity contribution in [3.8, 4) is 0 Å². The summed E-state index contributed by atoms with van der Waals surface area (Å²) < 4.78 is 7.16. The van der Waals surface area contributed by atoms with Crippen LogP contribution in [0.1, 0.15) is 29.2 Å². The van der Waals surface area contributed by atoms with E-state index in [0.29, 0.717) is 31.1 Å². The molecule has 0 aromatic carbocycles. The van der Waals surface area contributed by atoms with Gasteiger partial charge in [-0.05, 0) is 29.5 Å². The molecule has 0 aliphatic heterocycles. The number of nitrogens with zero attached hydrogens (tertiary/aromatic N) is 3. The maximum atomic E-state index is 13.0. The minimum absolute atomic E-state index is 0.0705. The molecule has 2 amide bonds. The average Bonchev–Trinajstić information content (AvgIpc) is 3.29. The van der Waals surface area contributed by atoms with E-state index in [1.165, 1.54) is 11.3 Å². The second-order valence-corrected chi connectivity index (χ2v) is 7.92. The molecule has 2 aromatic rings. The predicted octanol–water partition coefficient (Wildman–Crippen LogP) is 2.86. The number of methoxy groups -OCH3 is 1. The fourth-order valence-electron chi connectivity index (χ4n) is 2.83. The molecule has 0 N–H and O–H groups in total. The molecule has 0 saturated carbocycles. The first-order chi connectivity index (χ1) is 12.9. The Morgan fingerprint density at radius 2 is 2.00 bits per heavy atom. The van der Waals surface area contributed by atoms with Crippen LogP contribution in [0.3, 0.4) is 0 Å². The Morgan fingerprint density at radius 3 is 2.56 bits per heavy atom. The van der Waals surface area contributed by atoms with E-state index in [-0.39, 0.29) is 24.3 Å².